The third kappa shape index (κ3) is 5.31. The number of carbonyl (C=O) groups is 3. The first-order chi connectivity index (χ1) is 19.8. The molecule has 2 aliphatic heterocycles. The van der Waals surface area contributed by atoms with Gasteiger partial charge >= 0.3 is 11.9 Å². The highest BCUT2D eigenvalue weighted by Gasteiger charge is 2.48. The summed E-state index contributed by atoms with van der Waals surface area (Å²) in [4.78, 5) is 45.4. The van der Waals surface area contributed by atoms with Crippen molar-refractivity contribution in [2.45, 2.75) is 13.0 Å². The quantitative estimate of drug-likeness (QED) is 0.127. The number of rotatable bonds is 9. The fraction of sp³-hybridized carbons (Fsp3) is 0.200. The molecule has 0 aliphatic carbocycles. The van der Waals surface area contributed by atoms with Gasteiger partial charge in [0, 0.05) is 5.56 Å². The highest BCUT2D eigenvalue weighted by Crippen LogP contribution is 2.45. The van der Waals surface area contributed by atoms with Gasteiger partial charge in [-0.3, -0.25) is 14.5 Å². The van der Waals surface area contributed by atoms with Crippen molar-refractivity contribution in [1.29, 1.82) is 0 Å². The Morgan fingerprint density at radius 1 is 1.10 bits per heavy atom. The van der Waals surface area contributed by atoms with Crippen LogP contribution in [0.5, 0.6) is 17.2 Å². The van der Waals surface area contributed by atoms with Gasteiger partial charge in [-0.05, 0) is 42.8 Å². The first-order valence-electron chi connectivity index (χ1n) is 12.6. The van der Waals surface area contributed by atoms with Gasteiger partial charge in [-0.25, -0.2) is 9.78 Å². The Bertz CT molecular complexity index is 1570. The summed E-state index contributed by atoms with van der Waals surface area (Å²) in [6.07, 6.45) is 3.05. The molecular formula is C30H26N2O8S. The van der Waals surface area contributed by atoms with Crippen LogP contribution in [0.15, 0.2) is 73.3 Å². The minimum atomic E-state index is -1.06. The largest absolute Gasteiger partial charge is 0.507 e. The number of thiazole rings is 1. The van der Waals surface area contributed by atoms with Crippen LogP contribution in [-0.2, 0) is 14.3 Å². The molecule has 210 valence electrons. The molecule has 2 aromatic carbocycles. The monoisotopic (exact) mass is 574 g/mol. The van der Waals surface area contributed by atoms with Crippen LogP contribution in [0.3, 0.4) is 0 Å². The average Bonchev–Trinajstić information content (AvgIpc) is 3.50. The Hall–Kier alpha value is -4.90. The third-order valence-corrected chi connectivity index (χ3v) is 7.47. The number of carbonyl (C=O) groups excluding carboxylic acids is 3. The van der Waals surface area contributed by atoms with Crippen molar-refractivity contribution in [3.63, 3.8) is 0 Å². The third-order valence-electron chi connectivity index (χ3n) is 6.33. The van der Waals surface area contributed by atoms with Crippen molar-refractivity contribution in [2.24, 2.45) is 0 Å². The SMILES string of the molecule is C=CCOC(=O)c1sc(N2C(=O)C(=O)/C(=C(/O)c3ccc4c(c3)OCCO4)C2c2ccc(OCC=C)cc2)nc1C. The van der Waals surface area contributed by atoms with Crippen molar-refractivity contribution in [1.82, 2.24) is 4.98 Å². The zero-order valence-corrected chi connectivity index (χ0v) is 22.9. The molecule has 1 aromatic heterocycles. The van der Waals surface area contributed by atoms with Crippen LogP contribution in [-0.4, -0.2) is 54.2 Å². The molecule has 0 spiro atoms. The number of esters is 1. The molecule has 2 aliphatic rings. The van der Waals surface area contributed by atoms with Crippen molar-refractivity contribution < 1.29 is 38.4 Å². The summed E-state index contributed by atoms with van der Waals surface area (Å²) in [7, 11) is 0. The summed E-state index contributed by atoms with van der Waals surface area (Å²) >= 11 is 0.918. The Labute approximate surface area is 239 Å². The van der Waals surface area contributed by atoms with Crippen molar-refractivity contribution in [2.75, 3.05) is 31.3 Å². The fourth-order valence-corrected chi connectivity index (χ4v) is 5.46. The van der Waals surface area contributed by atoms with Gasteiger partial charge in [0.15, 0.2) is 16.6 Å². The normalized spacial score (nSPS) is 17.3. The van der Waals surface area contributed by atoms with Gasteiger partial charge in [0.1, 0.15) is 42.8 Å². The van der Waals surface area contributed by atoms with Crippen molar-refractivity contribution in [3.05, 3.63) is 95.0 Å². The topological polar surface area (TPSA) is 124 Å². The molecule has 3 heterocycles. The summed E-state index contributed by atoms with van der Waals surface area (Å²) in [5.74, 6) is -1.35. The van der Waals surface area contributed by atoms with E-state index >= 15 is 0 Å². The molecule has 1 saturated heterocycles. The second-order valence-electron chi connectivity index (χ2n) is 8.99. The molecule has 10 nitrogen and oxygen atoms in total. The van der Waals surface area contributed by atoms with Gasteiger partial charge in [0.25, 0.3) is 5.78 Å². The minimum Gasteiger partial charge on any atom is -0.507 e. The van der Waals surface area contributed by atoms with Crippen LogP contribution < -0.4 is 19.1 Å². The molecule has 1 N–H and O–H groups in total. The number of ether oxygens (including phenoxy) is 4. The van der Waals surface area contributed by atoms with Crippen molar-refractivity contribution in [3.8, 4) is 17.2 Å². The molecule has 1 unspecified atom stereocenters. The lowest BCUT2D eigenvalue weighted by molar-refractivity contribution is -0.132. The number of ketones is 1. The van der Waals surface area contributed by atoms with E-state index in [2.05, 4.69) is 18.1 Å². The van der Waals surface area contributed by atoms with E-state index in [1.807, 2.05) is 0 Å². The van der Waals surface area contributed by atoms with E-state index in [-0.39, 0.29) is 27.8 Å². The van der Waals surface area contributed by atoms with Gasteiger partial charge in [-0.15, -0.1) is 0 Å². The van der Waals surface area contributed by atoms with Gasteiger partial charge in [0.05, 0.1) is 17.3 Å². The Morgan fingerprint density at radius 2 is 1.80 bits per heavy atom. The number of aliphatic hydroxyl groups is 1. The van der Waals surface area contributed by atoms with Gasteiger partial charge < -0.3 is 24.1 Å². The summed E-state index contributed by atoms with van der Waals surface area (Å²) in [6.45, 7) is 9.82. The highest BCUT2D eigenvalue weighted by atomic mass is 32.1. The van der Waals surface area contributed by atoms with E-state index in [4.69, 9.17) is 18.9 Å². The lowest BCUT2D eigenvalue weighted by Gasteiger charge is -2.23. The van der Waals surface area contributed by atoms with Crippen LogP contribution in [0.2, 0.25) is 0 Å². The first-order valence-corrected chi connectivity index (χ1v) is 13.5. The maximum absolute atomic E-state index is 13.5. The average molecular weight is 575 g/mol. The number of amides is 1. The van der Waals surface area contributed by atoms with Crippen LogP contribution in [0.25, 0.3) is 5.76 Å². The maximum atomic E-state index is 13.5. The summed E-state index contributed by atoms with van der Waals surface area (Å²) in [5, 5.41) is 11.6. The van der Waals surface area contributed by atoms with E-state index in [1.165, 1.54) is 11.0 Å². The second-order valence-corrected chi connectivity index (χ2v) is 9.97. The summed E-state index contributed by atoms with van der Waals surface area (Å²) in [6, 6.07) is 10.5. The predicted octanol–water partition coefficient (Wildman–Crippen LogP) is 4.76. The van der Waals surface area contributed by atoms with Crippen LogP contribution in [0, 0.1) is 6.92 Å². The summed E-state index contributed by atoms with van der Waals surface area (Å²) < 4.78 is 21.9. The van der Waals surface area contributed by atoms with E-state index in [0.29, 0.717) is 48.3 Å². The highest BCUT2D eigenvalue weighted by molar-refractivity contribution is 7.17. The lowest BCUT2D eigenvalue weighted by Crippen LogP contribution is -2.29. The number of Topliss-reactive ketones (excluding diaryl/α,β-unsaturated/α-hetero) is 1. The van der Waals surface area contributed by atoms with Gasteiger partial charge in [0.2, 0.25) is 0 Å². The number of hydrogen-bond acceptors (Lipinski definition) is 10. The Kier molecular flexibility index (Phi) is 7.88. The number of benzene rings is 2. The molecule has 11 heteroatoms. The number of nitrogens with zero attached hydrogens (tertiary/aromatic N) is 2. The molecule has 0 bridgehead atoms. The maximum Gasteiger partial charge on any atom is 0.350 e. The van der Waals surface area contributed by atoms with E-state index in [9.17, 15) is 19.5 Å². The number of aromatic nitrogens is 1. The number of hydrogen-bond donors (Lipinski definition) is 1. The van der Waals surface area contributed by atoms with Crippen LogP contribution in [0.4, 0.5) is 5.13 Å². The van der Waals surface area contributed by atoms with E-state index in [1.54, 1.807) is 55.5 Å². The molecule has 1 atom stereocenters. The van der Waals surface area contributed by atoms with E-state index in [0.717, 1.165) is 11.3 Å². The number of fused-ring (bicyclic) bond motifs is 1. The molecule has 1 fully saturated rings. The minimum absolute atomic E-state index is 0.00578. The predicted molar refractivity (Wildman–Crippen MR) is 152 cm³/mol. The van der Waals surface area contributed by atoms with Crippen LogP contribution >= 0.6 is 11.3 Å². The smallest absolute Gasteiger partial charge is 0.350 e. The van der Waals surface area contributed by atoms with E-state index < -0.39 is 29.5 Å². The zero-order chi connectivity index (χ0) is 29.1. The van der Waals surface area contributed by atoms with Crippen molar-refractivity contribution >= 4 is 39.9 Å². The Balaban J connectivity index is 1.63. The standard InChI is InChI=1S/C30H26N2O8S/c1-4-12-37-20-9-6-18(7-10-20)24-23(25(33)19-8-11-21-22(16-19)39-15-14-38-21)26(34)28(35)32(24)30-31-17(3)27(41-30)29(36)40-13-5-2/h4-11,16,24,33H,1-2,12-15H2,3H3/b25-23+. The molecule has 5 rings (SSSR count). The summed E-state index contributed by atoms with van der Waals surface area (Å²) in [5.41, 5.74) is 0.972. The molecule has 41 heavy (non-hydrogen) atoms. The van der Waals surface area contributed by atoms with Gasteiger partial charge in [-0.1, -0.05) is 48.8 Å². The molecule has 0 radical (unpaired) electrons. The lowest BCUT2D eigenvalue weighted by atomic mass is 9.95. The van der Waals surface area contributed by atoms with Crippen LogP contribution in [0.1, 0.15) is 32.5 Å². The molecule has 1 amide bonds. The second kappa shape index (κ2) is 11.7. The number of anilines is 1. The molecule has 0 saturated carbocycles. The zero-order valence-electron chi connectivity index (χ0n) is 22.1. The molecular weight excluding hydrogens is 548 g/mol. The van der Waals surface area contributed by atoms with Gasteiger partial charge in [-0.2, -0.15) is 0 Å². The fourth-order valence-electron chi connectivity index (χ4n) is 4.47. The first kappa shape index (κ1) is 27.7. The molecule has 3 aromatic rings. The number of aryl methyl sites for hydroxylation is 1. The number of aliphatic hydroxyl groups excluding tert-OH is 1. The Morgan fingerprint density at radius 3 is 2.51 bits per heavy atom.